The number of rotatable bonds is 5. The third kappa shape index (κ3) is 4.06. The van der Waals surface area contributed by atoms with Crippen LogP contribution >= 0.6 is 46.6 Å². The molecule has 1 N–H and O–H groups in total. The number of nitrogens with one attached hydrogen (secondary N) is 1. The highest BCUT2D eigenvalue weighted by Gasteiger charge is 2.09. The summed E-state index contributed by atoms with van der Waals surface area (Å²) in [7, 11) is 0. The molecule has 0 amide bonds. The van der Waals surface area contributed by atoms with Crippen LogP contribution in [-0.2, 0) is 6.54 Å². The van der Waals surface area contributed by atoms with Crippen LogP contribution in [0.3, 0.4) is 0 Å². The lowest BCUT2D eigenvalue weighted by atomic mass is 10.2. The Balaban J connectivity index is 2.29. The van der Waals surface area contributed by atoms with E-state index in [-0.39, 0.29) is 0 Å². The highest BCUT2D eigenvalue weighted by molar-refractivity contribution is 7.99. The van der Waals surface area contributed by atoms with E-state index in [1.807, 2.05) is 24.3 Å². The van der Waals surface area contributed by atoms with Gasteiger partial charge in [-0.05, 0) is 36.4 Å². The first-order valence-electron chi connectivity index (χ1n) is 6.23. The Morgan fingerprint density at radius 1 is 1.00 bits per heavy atom. The zero-order chi connectivity index (χ0) is 14.5. The normalized spacial score (nSPS) is 10.8. The van der Waals surface area contributed by atoms with Gasteiger partial charge in [0.25, 0.3) is 0 Å². The average Bonchev–Trinajstić information content (AvgIpc) is 2.43. The first-order valence-corrected chi connectivity index (χ1v) is 8.18. The van der Waals surface area contributed by atoms with E-state index in [9.17, 15) is 0 Å². The molecule has 5 heteroatoms. The molecule has 0 heterocycles. The second kappa shape index (κ2) is 7.58. The molecule has 0 bridgehead atoms. The smallest absolute Gasteiger partial charge is 0.0603 e. The third-order valence-corrected chi connectivity index (χ3v) is 5.07. The number of halogens is 3. The van der Waals surface area contributed by atoms with E-state index in [1.54, 1.807) is 17.8 Å². The molecule has 0 radical (unpaired) electrons. The monoisotopic (exact) mass is 345 g/mol. The molecule has 0 fully saturated rings. The van der Waals surface area contributed by atoms with Gasteiger partial charge in [0.15, 0.2) is 0 Å². The molecular formula is C15H14Cl3NS. The van der Waals surface area contributed by atoms with Crippen LogP contribution in [-0.4, -0.2) is 6.54 Å². The fraction of sp³-hybridized carbons (Fsp3) is 0.200. The minimum Gasteiger partial charge on any atom is -0.313 e. The molecule has 0 aromatic heterocycles. The van der Waals surface area contributed by atoms with E-state index in [0.29, 0.717) is 10.0 Å². The van der Waals surface area contributed by atoms with Crippen molar-refractivity contribution in [3.8, 4) is 0 Å². The van der Waals surface area contributed by atoms with Gasteiger partial charge in [0.2, 0.25) is 0 Å². The van der Waals surface area contributed by atoms with Gasteiger partial charge in [-0.3, -0.25) is 0 Å². The molecule has 0 saturated carbocycles. The van der Waals surface area contributed by atoms with Gasteiger partial charge >= 0.3 is 0 Å². The van der Waals surface area contributed by atoms with Crippen molar-refractivity contribution >= 4 is 46.6 Å². The van der Waals surface area contributed by atoms with E-state index < -0.39 is 0 Å². The molecule has 106 valence electrons. The van der Waals surface area contributed by atoms with E-state index in [1.165, 1.54) is 5.56 Å². The fourth-order valence-electron chi connectivity index (χ4n) is 1.72. The van der Waals surface area contributed by atoms with Crippen molar-refractivity contribution in [3.63, 3.8) is 0 Å². The molecule has 2 aromatic rings. The maximum atomic E-state index is 6.32. The summed E-state index contributed by atoms with van der Waals surface area (Å²) >= 11 is 19.9. The van der Waals surface area contributed by atoms with Gasteiger partial charge < -0.3 is 5.32 Å². The lowest BCUT2D eigenvalue weighted by molar-refractivity contribution is 0.718. The molecule has 0 aliphatic carbocycles. The fourth-order valence-corrected chi connectivity index (χ4v) is 3.38. The maximum absolute atomic E-state index is 6.32. The molecule has 0 saturated heterocycles. The van der Waals surface area contributed by atoms with Crippen molar-refractivity contribution < 1.29 is 0 Å². The van der Waals surface area contributed by atoms with Crippen molar-refractivity contribution in [3.05, 3.63) is 57.0 Å². The third-order valence-electron chi connectivity index (χ3n) is 2.72. The Bertz CT molecular complexity index is 602. The van der Waals surface area contributed by atoms with Crippen LogP contribution in [0.15, 0.2) is 46.2 Å². The second-order valence-electron chi connectivity index (χ2n) is 4.19. The van der Waals surface area contributed by atoms with Crippen LogP contribution in [0.2, 0.25) is 15.1 Å². The van der Waals surface area contributed by atoms with E-state index in [0.717, 1.165) is 27.9 Å². The quantitative estimate of drug-likeness (QED) is 0.722. The molecular weight excluding hydrogens is 333 g/mol. The summed E-state index contributed by atoms with van der Waals surface area (Å²) in [6.07, 6.45) is 0. The molecule has 2 aromatic carbocycles. The van der Waals surface area contributed by atoms with Crippen molar-refractivity contribution in [2.45, 2.75) is 23.3 Å². The summed E-state index contributed by atoms with van der Waals surface area (Å²) in [5, 5.41) is 5.18. The molecule has 1 nitrogen and oxygen atoms in total. The zero-order valence-corrected chi connectivity index (χ0v) is 14.0. The first kappa shape index (κ1) is 16.0. The van der Waals surface area contributed by atoms with Gasteiger partial charge in [0.1, 0.15) is 0 Å². The van der Waals surface area contributed by atoms with E-state index in [4.69, 9.17) is 34.8 Å². The Morgan fingerprint density at radius 2 is 1.80 bits per heavy atom. The van der Waals surface area contributed by atoms with Crippen LogP contribution in [0.5, 0.6) is 0 Å². The van der Waals surface area contributed by atoms with Gasteiger partial charge in [-0.25, -0.2) is 0 Å². The summed E-state index contributed by atoms with van der Waals surface area (Å²) in [6, 6.07) is 11.5. The van der Waals surface area contributed by atoms with Gasteiger partial charge in [0, 0.05) is 16.3 Å². The van der Waals surface area contributed by atoms with Gasteiger partial charge in [-0.15, -0.1) is 0 Å². The summed E-state index contributed by atoms with van der Waals surface area (Å²) < 4.78 is 0. The second-order valence-corrected chi connectivity index (χ2v) is 6.49. The van der Waals surface area contributed by atoms with Crippen molar-refractivity contribution in [1.29, 1.82) is 0 Å². The molecule has 2 rings (SSSR count). The van der Waals surface area contributed by atoms with Crippen LogP contribution in [0, 0.1) is 0 Å². The zero-order valence-electron chi connectivity index (χ0n) is 10.9. The van der Waals surface area contributed by atoms with Crippen molar-refractivity contribution in [1.82, 2.24) is 5.32 Å². The van der Waals surface area contributed by atoms with Crippen LogP contribution in [0.25, 0.3) is 0 Å². The van der Waals surface area contributed by atoms with Gasteiger partial charge in [-0.1, -0.05) is 65.6 Å². The Morgan fingerprint density at radius 3 is 2.50 bits per heavy atom. The lowest BCUT2D eigenvalue weighted by Crippen LogP contribution is -2.12. The molecule has 20 heavy (non-hydrogen) atoms. The predicted octanol–water partition coefficient (Wildman–Crippen LogP) is 5.91. The predicted molar refractivity (Wildman–Crippen MR) is 89.4 cm³/mol. The Kier molecular flexibility index (Phi) is 6.06. The minimum absolute atomic E-state index is 0.553. The van der Waals surface area contributed by atoms with Gasteiger partial charge in [-0.2, -0.15) is 0 Å². The molecule has 0 aliphatic rings. The summed E-state index contributed by atoms with van der Waals surface area (Å²) in [6.45, 7) is 3.79. The topological polar surface area (TPSA) is 12.0 Å². The Labute approximate surface area is 138 Å². The molecule has 0 aliphatic heterocycles. The molecule has 0 spiro atoms. The van der Waals surface area contributed by atoms with Crippen molar-refractivity contribution in [2.24, 2.45) is 0 Å². The summed E-state index contributed by atoms with van der Waals surface area (Å²) in [4.78, 5) is 2.07. The molecule has 0 unspecified atom stereocenters. The minimum atomic E-state index is 0.553. The molecule has 0 atom stereocenters. The Hall–Kier alpha value is -0.380. The van der Waals surface area contributed by atoms with E-state index in [2.05, 4.69) is 18.3 Å². The van der Waals surface area contributed by atoms with Crippen LogP contribution in [0.4, 0.5) is 0 Å². The van der Waals surface area contributed by atoms with Gasteiger partial charge in [0.05, 0.1) is 15.1 Å². The van der Waals surface area contributed by atoms with Crippen molar-refractivity contribution in [2.75, 3.05) is 6.54 Å². The number of hydrogen-bond donors (Lipinski definition) is 1. The first-order chi connectivity index (χ1) is 9.61. The summed E-state index contributed by atoms with van der Waals surface area (Å²) in [5.74, 6) is 0. The number of hydrogen-bond acceptors (Lipinski definition) is 2. The maximum Gasteiger partial charge on any atom is 0.0603 e. The van der Waals surface area contributed by atoms with E-state index >= 15 is 0 Å². The average molecular weight is 347 g/mol. The van der Waals surface area contributed by atoms with Crippen LogP contribution in [0.1, 0.15) is 12.5 Å². The summed E-state index contributed by atoms with van der Waals surface area (Å²) in [5.41, 5.74) is 1.18. The lowest BCUT2D eigenvalue weighted by Gasteiger charge is -2.12. The number of benzene rings is 2. The largest absolute Gasteiger partial charge is 0.313 e. The van der Waals surface area contributed by atoms with Crippen LogP contribution < -0.4 is 5.32 Å². The SMILES string of the molecule is CCNCc1cccc(Cl)c1Sc1ccc(Cl)c(Cl)c1. The highest BCUT2D eigenvalue weighted by atomic mass is 35.5. The highest BCUT2D eigenvalue weighted by Crippen LogP contribution is 2.38. The standard InChI is InChI=1S/C15H14Cl3NS/c1-2-19-9-10-4-3-5-13(17)15(10)20-11-6-7-12(16)14(18)8-11/h3-8,19H,2,9H2,1H3.